The molecule has 4 rings (SSSR count). The number of aryl methyl sites for hydroxylation is 1. The van der Waals surface area contributed by atoms with Gasteiger partial charge in [-0.2, -0.15) is 0 Å². The summed E-state index contributed by atoms with van der Waals surface area (Å²) in [6.07, 6.45) is 2.59. The van der Waals surface area contributed by atoms with Crippen LogP contribution in [0.25, 0.3) is 0 Å². The molecule has 2 aliphatic rings. The largest absolute Gasteiger partial charge is 0.489 e. The van der Waals surface area contributed by atoms with Crippen LogP contribution in [0.3, 0.4) is 0 Å². The van der Waals surface area contributed by atoms with Gasteiger partial charge in [-0.15, -0.1) is 0 Å². The number of halogens is 1. The molecule has 1 saturated heterocycles. The molecule has 1 fully saturated rings. The van der Waals surface area contributed by atoms with E-state index >= 15 is 0 Å². The van der Waals surface area contributed by atoms with Crippen LogP contribution in [0.2, 0.25) is 0 Å². The van der Waals surface area contributed by atoms with Gasteiger partial charge in [-0.3, -0.25) is 4.79 Å². The number of benzene rings is 2. The summed E-state index contributed by atoms with van der Waals surface area (Å²) in [7, 11) is 0. The first-order valence-electron chi connectivity index (χ1n) is 9.62. The fraction of sp³-hybridized carbons (Fsp3) is 0.409. The summed E-state index contributed by atoms with van der Waals surface area (Å²) < 4.78 is 19.5. The predicted octanol–water partition coefficient (Wildman–Crippen LogP) is 3.91. The molecule has 1 amide bonds. The normalized spacial score (nSPS) is 19.0. The van der Waals surface area contributed by atoms with E-state index in [-0.39, 0.29) is 17.8 Å². The summed E-state index contributed by atoms with van der Waals surface area (Å²) in [5.41, 5.74) is 3.22. The molecule has 4 nitrogen and oxygen atoms in total. The van der Waals surface area contributed by atoms with E-state index in [0.717, 1.165) is 37.2 Å². The molecule has 0 saturated carbocycles. The van der Waals surface area contributed by atoms with E-state index in [2.05, 4.69) is 36.1 Å². The molecule has 0 spiro atoms. The van der Waals surface area contributed by atoms with E-state index in [1.54, 1.807) is 6.07 Å². The van der Waals surface area contributed by atoms with Crippen molar-refractivity contribution >= 4 is 11.6 Å². The van der Waals surface area contributed by atoms with Crippen molar-refractivity contribution < 1.29 is 13.9 Å². The summed E-state index contributed by atoms with van der Waals surface area (Å²) in [6, 6.07) is 13.0. The van der Waals surface area contributed by atoms with Crippen molar-refractivity contribution in [1.29, 1.82) is 0 Å². The van der Waals surface area contributed by atoms with Gasteiger partial charge >= 0.3 is 0 Å². The second kappa shape index (κ2) is 7.59. The number of fused-ring (bicyclic) bond motifs is 1. The maximum absolute atomic E-state index is 13.6. The van der Waals surface area contributed by atoms with E-state index in [1.807, 2.05) is 4.90 Å². The van der Waals surface area contributed by atoms with Crippen molar-refractivity contribution in [3.05, 3.63) is 59.4 Å². The molecule has 2 aromatic carbocycles. The summed E-state index contributed by atoms with van der Waals surface area (Å²) >= 11 is 0. The van der Waals surface area contributed by atoms with Gasteiger partial charge in [-0.25, -0.2) is 4.39 Å². The zero-order valence-corrected chi connectivity index (χ0v) is 15.7. The molecular weight excluding hydrogens is 343 g/mol. The molecule has 2 aromatic rings. The number of ether oxygens (including phenoxy) is 1. The predicted molar refractivity (Wildman–Crippen MR) is 103 cm³/mol. The number of rotatable bonds is 4. The van der Waals surface area contributed by atoms with Crippen molar-refractivity contribution in [2.24, 2.45) is 0 Å². The highest BCUT2D eigenvalue weighted by Crippen LogP contribution is 2.36. The minimum atomic E-state index is -0.310. The number of hydrogen-bond acceptors (Lipinski definition) is 3. The minimum absolute atomic E-state index is 0.0580. The molecule has 0 aliphatic carbocycles. The molecular formula is C22H25FN2O2. The second-order valence-electron chi connectivity index (χ2n) is 7.48. The number of carbonyl (C=O) groups excluding carboxylic acids is 1. The van der Waals surface area contributed by atoms with Gasteiger partial charge in [0.1, 0.15) is 18.2 Å². The minimum Gasteiger partial charge on any atom is -0.489 e. The van der Waals surface area contributed by atoms with Crippen LogP contribution < -0.4 is 9.64 Å². The van der Waals surface area contributed by atoms with Gasteiger partial charge in [-0.05, 0) is 37.5 Å². The molecule has 142 valence electrons. The number of anilines is 1. The first-order valence-corrected chi connectivity index (χ1v) is 9.62. The average molecular weight is 368 g/mol. The third kappa shape index (κ3) is 3.92. The number of carbonyl (C=O) groups is 1. The van der Waals surface area contributed by atoms with Gasteiger partial charge in [0.15, 0.2) is 0 Å². The van der Waals surface area contributed by atoms with Crippen molar-refractivity contribution in [1.82, 2.24) is 4.90 Å². The van der Waals surface area contributed by atoms with Crippen LogP contribution in [0.4, 0.5) is 10.1 Å². The monoisotopic (exact) mass is 368 g/mol. The Morgan fingerprint density at radius 1 is 1.15 bits per heavy atom. The highest BCUT2D eigenvalue weighted by atomic mass is 19.1. The first kappa shape index (κ1) is 17.8. The quantitative estimate of drug-likeness (QED) is 0.820. The van der Waals surface area contributed by atoms with E-state index in [1.165, 1.54) is 17.7 Å². The van der Waals surface area contributed by atoms with E-state index < -0.39 is 0 Å². The van der Waals surface area contributed by atoms with Crippen LogP contribution in [0.15, 0.2) is 42.5 Å². The summed E-state index contributed by atoms with van der Waals surface area (Å²) in [4.78, 5) is 16.8. The Labute approximate surface area is 159 Å². The first-order chi connectivity index (χ1) is 13.1. The Kier molecular flexibility index (Phi) is 5.01. The van der Waals surface area contributed by atoms with Crippen LogP contribution in [0, 0.1) is 12.7 Å². The van der Waals surface area contributed by atoms with Crippen LogP contribution in [-0.2, 0) is 11.3 Å². The van der Waals surface area contributed by atoms with Gasteiger partial charge in [0.2, 0.25) is 5.91 Å². The fourth-order valence-corrected chi connectivity index (χ4v) is 3.88. The molecule has 27 heavy (non-hydrogen) atoms. The molecule has 0 N–H and O–H groups in total. The average Bonchev–Trinajstić information content (AvgIpc) is 3.20. The van der Waals surface area contributed by atoms with Gasteiger partial charge in [0.25, 0.3) is 0 Å². The van der Waals surface area contributed by atoms with Gasteiger partial charge < -0.3 is 14.5 Å². The smallest absolute Gasteiger partial charge is 0.224 e. The number of likely N-dealkylation sites (tertiary alicyclic amines) is 1. The Balaban J connectivity index is 1.59. The lowest BCUT2D eigenvalue weighted by molar-refractivity contribution is -0.130. The Hall–Kier alpha value is -2.56. The van der Waals surface area contributed by atoms with E-state index in [0.29, 0.717) is 25.3 Å². The lowest BCUT2D eigenvalue weighted by Crippen LogP contribution is -2.46. The van der Waals surface area contributed by atoms with Gasteiger partial charge in [-0.1, -0.05) is 29.8 Å². The lowest BCUT2D eigenvalue weighted by atomic mass is 10.1. The van der Waals surface area contributed by atoms with Crippen LogP contribution in [0.1, 0.15) is 30.4 Å². The molecule has 1 atom stereocenters. The van der Waals surface area contributed by atoms with E-state index in [4.69, 9.17) is 4.74 Å². The zero-order valence-electron chi connectivity index (χ0n) is 15.7. The highest BCUT2D eigenvalue weighted by molar-refractivity contribution is 5.78. The SMILES string of the molecule is Cc1ccc(CN2c3ccc(F)cc3OC[C@@H]2CC(=O)N2CCCC2)cc1. The third-order valence-corrected chi connectivity index (χ3v) is 5.45. The van der Waals surface area contributed by atoms with E-state index in [9.17, 15) is 9.18 Å². The molecule has 2 aliphatic heterocycles. The molecule has 0 unspecified atom stereocenters. The third-order valence-electron chi connectivity index (χ3n) is 5.45. The standard InChI is InChI=1S/C22H25FN2O2/c1-16-4-6-17(7-5-16)14-25-19(13-22(26)24-10-2-3-11-24)15-27-21-12-18(23)8-9-20(21)25/h4-9,12,19H,2-3,10-11,13-15H2,1H3/t19-/m0/s1. The lowest BCUT2D eigenvalue weighted by Gasteiger charge is -2.39. The summed E-state index contributed by atoms with van der Waals surface area (Å²) in [5, 5.41) is 0. The molecule has 0 radical (unpaired) electrons. The maximum Gasteiger partial charge on any atom is 0.224 e. The summed E-state index contributed by atoms with van der Waals surface area (Å²) in [6.45, 7) is 4.83. The molecule has 0 bridgehead atoms. The number of amides is 1. The van der Waals surface area contributed by atoms with Crippen molar-refractivity contribution in [2.45, 2.75) is 38.8 Å². The molecule has 0 aromatic heterocycles. The number of nitrogens with zero attached hydrogens (tertiary/aromatic N) is 2. The highest BCUT2D eigenvalue weighted by Gasteiger charge is 2.31. The topological polar surface area (TPSA) is 32.8 Å². The molecule has 2 heterocycles. The fourth-order valence-electron chi connectivity index (χ4n) is 3.88. The van der Waals surface area contributed by atoms with Crippen molar-refractivity contribution in [3.8, 4) is 5.75 Å². The Bertz CT molecular complexity index is 816. The zero-order chi connectivity index (χ0) is 18.8. The van der Waals surface area contributed by atoms with Crippen LogP contribution >= 0.6 is 0 Å². The van der Waals surface area contributed by atoms with Gasteiger partial charge in [0, 0.05) is 25.7 Å². The van der Waals surface area contributed by atoms with Crippen LogP contribution in [-0.4, -0.2) is 36.5 Å². The van der Waals surface area contributed by atoms with Crippen LogP contribution in [0.5, 0.6) is 5.75 Å². The summed E-state index contributed by atoms with van der Waals surface area (Å²) in [5.74, 6) is 0.420. The maximum atomic E-state index is 13.6. The Morgan fingerprint density at radius 2 is 1.89 bits per heavy atom. The van der Waals surface area contributed by atoms with Crippen molar-refractivity contribution in [3.63, 3.8) is 0 Å². The van der Waals surface area contributed by atoms with Gasteiger partial charge in [0.05, 0.1) is 18.2 Å². The molecule has 5 heteroatoms. The number of hydrogen-bond donors (Lipinski definition) is 0. The van der Waals surface area contributed by atoms with Crippen molar-refractivity contribution in [2.75, 3.05) is 24.6 Å². The second-order valence-corrected chi connectivity index (χ2v) is 7.48. The Morgan fingerprint density at radius 3 is 2.63 bits per heavy atom.